The zero-order valence-corrected chi connectivity index (χ0v) is 9.48. The Morgan fingerprint density at radius 3 is 2.53 bits per heavy atom. The second-order valence-corrected chi connectivity index (χ2v) is 3.81. The molecule has 0 aliphatic heterocycles. The number of nitrogens with zero attached hydrogens (tertiary/aromatic N) is 2. The Morgan fingerprint density at radius 1 is 1.18 bits per heavy atom. The molecule has 0 spiro atoms. The van der Waals surface area contributed by atoms with Gasteiger partial charge in [0.25, 0.3) is 5.56 Å². The standard InChI is InChI=1S/C12H11FN2O2/c1-14-7-10(11(16)15(2)12(14)17)8-4-3-5-9(13)6-8/h3-7H,1-2H3. The first-order chi connectivity index (χ1) is 8.00. The van der Waals surface area contributed by atoms with Gasteiger partial charge in [0.15, 0.2) is 0 Å². The number of hydrogen-bond acceptors (Lipinski definition) is 2. The van der Waals surface area contributed by atoms with E-state index in [0.29, 0.717) is 11.1 Å². The number of benzene rings is 1. The minimum atomic E-state index is -0.432. The van der Waals surface area contributed by atoms with Crippen molar-refractivity contribution < 1.29 is 4.39 Å². The van der Waals surface area contributed by atoms with Gasteiger partial charge in [-0.25, -0.2) is 9.18 Å². The van der Waals surface area contributed by atoms with Gasteiger partial charge in [0, 0.05) is 20.3 Å². The molecule has 0 bridgehead atoms. The van der Waals surface area contributed by atoms with Crippen LogP contribution in [0.2, 0.25) is 0 Å². The molecular weight excluding hydrogens is 223 g/mol. The molecule has 0 radical (unpaired) electrons. The SMILES string of the molecule is Cn1cc(-c2cccc(F)c2)c(=O)n(C)c1=O. The third-order valence-corrected chi connectivity index (χ3v) is 2.58. The third kappa shape index (κ3) is 1.91. The quantitative estimate of drug-likeness (QED) is 0.735. The number of rotatable bonds is 1. The van der Waals surface area contributed by atoms with Crippen molar-refractivity contribution in [3.63, 3.8) is 0 Å². The molecule has 0 saturated heterocycles. The van der Waals surface area contributed by atoms with Gasteiger partial charge in [-0.1, -0.05) is 12.1 Å². The highest BCUT2D eigenvalue weighted by atomic mass is 19.1. The normalized spacial score (nSPS) is 10.5. The van der Waals surface area contributed by atoms with Crippen LogP contribution in [-0.4, -0.2) is 9.13 Å². The molecule has 0 aliphatic carbocycles. The second-order valence-electron chi connectivity index (χ2n) is 3.81. The molecule has 5 heteroatoms. The lowest BCUT2D eigenvalue weighted by Crippen LogP contribution is -2.37. The average Bonchev–Trinajstić information content (AvgIpc) is 2.31. The van der Waals surface area contributed by atoms with Crippen LogP contribution in [0.4, 0.5) is 4.39 Å². The van der Waals surface area contributed by atoms with Crippen molar-refractivity contribution in [3.8, 4) is 11.1 Å². The average molecular weight is 234 g/mol. The number of aromatic nitrogens is 2. The van der Waals surface area contributed by atoms with Crippen molar-refractivity contribution in [2.24, 2.45) is 14.1 Å². The van der Waals surface area contributed by atoms with Crippen LogP contribution < -0.4 is 11.2 Å². The van der Waals surface area contributed by atoms with Gasteiger partial charge >= 0.3 is 5.69 Å². The summed E-state index contributed by atoms with van der Waals surface area (Å²) in [5.41, 5.74) is -0.0795. The van der Waals surface area contributed by atoms with Crippen molar-refractivity contribution in [2.75, 3.05) is 0 Å². The Kier molecular flexibility index (Phi) is 2.67. The highest BCUT2D eigenvalue weighted by molar-refractivity contribution is 5.61. The molecule has 1 aromatic heterocycles. The van der Waals surface area contributed by atoms with E-state index >= 15 is 0 Å². The minimum Gasteiger partial charge on any atom is -0.303 e. The first-order valence-corrected chi connectivity index (χ1v) is 5.03. The summed E-state index contributed by atoms with van der Waals surface area (Å²) < 4.78 is 15.4. The fourth-order valence-corrected chi connectivity index (χ4v) is 1.66. The Labute approximate surface area is 96.6 Å². The molecular formula is C12H11FN2O2. The van der Waals surface area contributed by atoms with E-state index in [1.165, 1.54) is 36.0 Å². The smallest absolute Gasteiger partial charge is 0.303 e. The Morgan fingerprint density at radius 2 is 1.88 bits per heavy atom. The van der Waals surface area contributed by atoms with Crippen LogP contribution in [0.25, 0.3) is 11.1 Å². The molecule has 1 heterocycles. The summed E-state index contributed by atoms with van der Waals surface area (Å²) >= 11 is 0. The Balaban J connectivity index is 2.78. The molecule has 2 rings (SSSR count). The van der Waals surface area contributed by atoms with E-state index in [2.05, 4.69) is 0 Å². The van der Waals surface area contributed by atoms with Gasteiger partial charge < -0.3 is 4.57 Å². The Hall–Kier alpha value is -2.17. The van der Waals surface area contributed by atoms with E-state index in [0.717, 1.165) is 4.57 Å². The van der Waals surface area contributed by atoms with E-state index in [1.807, 2.05) is 0 Å². The maximum atomic E-state index is 13.1. The lowest BCUT2D eigenvalue weighted by atomic mass is 10.1. The van der Waals surface area contributed by atoms with Gasteiger partial charge in [-0.05, 0) is 17.7 Å². The van der Waals surface area contributed by atoms with Gasteiger partial charge in [0.2, 0.25) is 0 Å². The van der Waals surface area contributed by atoms with E-state index < -0.39 is 17.1 Å². The van der Waals surface area contributed by atoms with Crippen molar-refractivity contribution in [1.29, 1.82) is 0 Å². The van der Waals surface area contributed by atoms with Gasteiger partial charge in [-0.3, -0.25) is 9.36 Å². The lowest BCUT2D eigenvalue weighted by molar-refractivity contribution is 0.628. The van der Waals surface area contributed by atoms with Crippen LogP contribution in [0.1, 0.15) is 0 Å². The van der Waals surface area contributed by atoms with Crippen molar-refractivity contribution in [3.05, 3.63) is 57.1 Å². The summed E-state index contributed by atoms with van der Waals surface area (Å²) in [6.45, 7) is 0. The first-order valence-electron chi connectivity index (χ1n) is 5.03. The maximum Gasteiger partial charge on any atom is 0.330 e. The third-order valence-electron chi connectivity index (χ3n) is 2.58. The fourth-order valence-electron chi connectivity index (χ4n) is 1.66. The molecule has 0 unspecified atom stereocenters. The molecule has 4 nitrogen and oxygen atoms in total. The molecule has 0 amide bonds. The van der Waals surface area contributed by atoms with Crippen LogP contribution in [0.15, 0.2) is 40.1 Å². The molecule has 0 saturated carbocycles. The monoisotopic (exact) mass is 234 g/mol. The molecule has 0 atom stereocenters. The molecule has 0 N–H and O–H groups in total. The van der Waals surface area contributed by atoms with E-state index in [-0.39, 0.29) is 0 Å². The molecule has 0 fully saturated rings. The Bertz CT molecular complexity index is 686. The van der Waals surface area contributed by atoms with Crippen molar-refractivity contribution >= 4 is 0 Å². The second kappa shape index (κ2) is 4.01. The summed E-state index contributed by atoms with van der Waals surface area (Å²) in [4.78, 5) is 23.4. The van der Waals surface area contributed by atoms with Gasteiger partial charge in [0.05, 0.1) is 5.56 Å². The van der Waals surface area contributed by atoms with Crippen molar-refractivity contribution in [1.82, 2.24) is 9.13 Å². The topological polar surface area (TPSA) is 44.0 Å². The highest BCUT2D eigenvalue weighted by Crippen LogP contribution is 2.14. The largest absolute Gasteiger partial charge is 0.330 e. The molecule has 1 aromatic carbocycles. The van der Waals surface area contributed by atoms with Crippen LogP contribution in [0.3, 0.4) is 0 Å². The number of hydrogen-bond donors (Lipinski definition) is 0. The fraction of sp³-hybridized carbons (Fsp3) is 0.167. The lowest BCUT2D eigenvalue weighted by Gasteiger charge is -2.06. The molecule has 17 heavy (non-hydrogen) atoms. The predicted octanol–water partition coefficient (Wildman–Crippen LogP) is 0.890. The first kappa shape index (κ1) is 11.3. The van der Waals surface area contributed by atoms with Gasteiger partial charge in [0.1, 0.15) is 5.82 Å². The molecule has 88 valence electrons. The van der Waals surface area contributed by atoms with Crippen LogP contribution >= 0.6 is 0 Å². The van der Waals surface area contributed by atoms with Crippen LogP contribution in [0.5, 0.6) is 0 Å². The predicted molar refractivity (Wildman–Crippen MR) is 62.3 cm³/mol. The maximum absolute atomic E-state index is 13.1. The summed E-state index contributed by atoms with van der Waals surface area (Å²) in [6.07, 6.45) is 1.42. The summed E-state index contributed by atoms with van der Waals surface area (Å²) in [7, 11) is 2.94. The zero-order chi connectivity index (χ0) is 12.6. The summed E-state index contributed by atoms with van der Waals surface area (Å²) in [6, 6.07) is 5.72. The van der Waals surface area contributed by atoms with Crippen molar-refractivity contribution in [2.45, 2.75) is 0 Å². The summed E-state index contributed by atoms with van der Waals surface area (Å²) in [5.74, 6) is -0.418. The van der Waals surface area contributed by atoms with E-state index in [4.69, 9.17) is 0 Å². The van der Waals surface area contributed by atoms with Gasteiger partial charge in [-0.15, -0.1) is 0 Å². The van der Waals surface area contributed by atoms with Gasteiger partial charge in [-0.2, -0.15) is 0 Å². The van der Waals surface area contributed by atoms with Crippen LogP contribution in [-0.2, 0) is 14.1 Å². The van der Waals surface area contributed by atoms with E-state index in [1.54, 1.807) is 13.1 Å². The number of halogens is 1. The molecule has 2 aromatic rings. The summed E-state index contributed by atoms with van der Waals surface area (Å²) in [5, 5.41) is 0. The number of aryl methyl sites for hydroxylation is 1. The molecule has 0 aliphatic rings. The van der Waals surface area contributed by atoms with Crippen LogP contribution in [0, 0.1) is 5.82 Å². The minimum absolute atomic E-state index is 0.300. The van der Waals surface area contributed by atoms with E-state index in [9.17, 15) is 14.0 Å². The zero-order valence-electron chi connectivity index (χ0n) is 9.48. The highest BCUT2D eigenvalue weighted by Gasteiger charge is 2.09.